The highest BCUT2D eigenvalue weighted by atomic mass is 16.2. The van der Waals surface area contributed by atoms with Crippen LogP contribution in [0.25, 0.3) is 0 Å². The molecule has 1 N–H and O–H groups in total. The normalized spacial score (nSPS) is 18.5. The van der Waals surface area contributed by atoms with E-state index in [2.05, 4.69) is 5.32 Å². The van der Waals surface area contributed by atoms with Crippen LogP contribution < -0.4 is 5.32 Å². The van der Waals surface area contributed by atoms with Crippen LogP contribution in [-0.4, -0.2) is 22.8 Å². The lowest BCUT2D eigenvalue weighted by molar-refractivity contribution is -0.136. The molecule has 2 aromatic carbocycles. The molecule has 2 unspecified atom stereocenters. The van der Waals surface area contributed by atoms with E-state index in [1.807, 2.05) is 80.3 Å². The lowest BCUT2D eigenvalue weighted by Crippen LogP contribution is -2.38. The number of amides is 2. The summed E-state index contributed by atoms with van der Waals surface area (Å²) in [5.74, 6) is -0.406. The van der Waals surface area contributed by atoms with Gasteiger partial charge in [0.2, 0.25) is 11.8 Å². The Bertz CT molecular complexity index is 786. The van der Waals surface area contributed by atoms with Gasteiger partial charge in [0.1, 0.15) is 0 Å². The van der Waals surface area contributed by atoms with E-state index in [9.17, 15) is 9.59 Å². The van der Waals surface area contributed by atoms with Gasteiger partial charge in [-0.2, -0.15) is 0 Å². The Balaban J connectivity index is 1.61. The number of carbonyl (C=O) groups excluding carboxylic acids is 2. The zero-order chi connectivity index (χ0) is 18.7. The van der Waals surface area contributed by atoms with Crippen LogP contribution in [0.3, 0.4) is 0 Å². The van der Waals surface area contributed by atoms with Crippen LogP contribution in [0.1, 0.15) is 31.4 Å². The summed E-state index contributed by atoms with van der Waals surface area (Å²) in [5, 5.41) is 2.94. The van der Waals surface area contributed by atoms with E-state index in [1.54, 1.807) is 0 Å². The number of benzene rings is 2. The molecule has 2 amide bonds. The summed E-state index contributed by atoms with van der Waals surface area (Å²) in [4.78, 5) is 27.3. The van der Waals surface area contributed by atoms with Gasteiger partial charge >= 0.3 is 0 Å². The summed E-state index contributed by atoms with van der Waals surface area (Å²) < 4.78 is 0. The predicted octanol–water partition coefficient (Wildman–Crippen LogP) is 4.01. The quantitative estimate of drug-likeness (QED) is 0.856. The van der Waals surface area contributed by atoms with Crippen LogP contribution in [0.2, 0.25) is 0 Å². The Morgan fingerprint density at radius 1 is 1.08 bits per heavy atom. The Kier molecular flexibility index (Phi) is 5.40. The molecule has 2 aromatic rings. The first-order valence-corrected chi connectivity index (χ1v) is 9.17. The maximum absolute atomic E-state index is 12.9. The molecule has 2 atom stereocenters. The van der Waals surface area contributed by atoms with Gasteiger partial charge in [-0.1, -0.05) is 42.5 Å². The molecule has 0 radical (unpaired) electrons. The van der Waals surface area contributed by atoms with Crippen LogP contribution in [0, 0.1) is 18.8 Å². The van der Waals surface area contributed by atoms with Gasteiger partial charge < -0.3 is 10.2 Å². The fourth-order valence-electron chi connectivity index (χ4n) is 3.22. The number of rotatable bonds is 6. The molecule has 0 bridgehead atoms. The van der Waals surface area contributed by atoms with Crippen molar-refractivity contribution in [3.63, 3.8) is 0 Å². The van der Waals surface area contributed by atoms with Gasteiger partial charge in [-0.05, 0) is 50.5 Å². The maximum Gasteiger partial charge on any atom is 0.228 e. The molecule has 1 aliphatic rings. The van der Waals surface area contributed by atoms with Crippen LogP contribution in [0.4, 0.5) is 5.69 Å². The van der Waals surface area contributed by atoms with E-state index in [1.165, 1.54) is 0 Å². The van der Waals surface area contributed by atoms with Gasteiger partial charge in [-0.3, -0.25) is 9.59 Å². The van der Waals surface area contributed by atoms with Crippen molar-refractivity contribution in [2.75, 3.05) is 5.32 Å². The smallest absolute Gasteiger partial charge is 0.228 e. The zero-order valence-electron chi connectivity index (χ0n) is 15.6. The maximum atomic E-state index is 12.9. The Labute approximate surface area is 155 Å². The third-order valence-electron chi connectivity index (χ3n) is 4.83. The van der Waals surface area contributed by atoms with Crippen molar-refractivity contribution in [3.8, 4) is 0 Å². The van der Waals surface area contributed by atoms with Crippen LogP contribution >= 0.6 is 0 Å². The summed E-state index contributed by atoms with van der Waals surface area (Å²) in [6.07, 6.45) is 0.633. The van der Waals surface area contributed by atoms with Gasteiger partial charge in [-0.25, -0.2) is 0 Å². The van der Waals surface area contributed by atoms with E-state index in [0.717, 1.165) is 16.8 Å². The van der Waals surface area contributed by atoms with E-state index < -0.39 is 0 Å². The second-order valence-corrected chi connectivity index (χ2v) is 7.35. The minimum absolute atomic E-state index is 0.0580. The molecule has 136 valence electrons. The summed E-state index contributed by atoms with van der Waals surface area (Å²) in [6, 6.07) is 17.8. The lowest BCUT2D eigenvalue weighted by Gasteiger charge is -2.27. The molecule has 0 aliphatic heterocycles. The first-order chi connectivity index (χ1) is 12.5. The Morgan fingerprint density at radius 3 is 2.46 bits per heavy atom. The number of nitrogens with one attached hydrogen (secondary N) is 1. The fourth-order valence-corrected chi connectivity index (χ4v) is 3.22. The molecule has 3 rings (SSSR count). The highest BCUT2D eigenvalue weighted by Gasteiger charge is 2.49. The van der Waals surface area contributed by atoms with E-state index >= 15 is 0 Å². The lowest BCUT2D eigenvalue weighted by atomic mass is 10.1. The number of hydrogen-bond acceptors (Lipinski definition) is 2. The molecule has 26 heavy (non-hydrogen) atoms. The van der Waals surface area contributed by atoms with Crippen molar-refractivity contribution in [3.05, 3.63) is 65.7 Å². The Hall–Kier alpha value is -2.62. The highest BCUT2D eigenvalue weighted by molar-refractivity contribution is 5.99. The molecule has 1 aliphatic carbocycles. The average Bonchev–Trinajstić information content (AvgIpc) is 3.41. The monoisotopic (exact) mass is 350 g/mol. The molecule has 4 nitrogen and oxygen atoms in total. The summed E-state index contributed by atoms with van der Waals surface area (Å²) in [7, 11) is 0. The minimum atomic E-state index is -0.222. The largest absolute Gasteiger partial charge is 0.336 e. The number of anilines is 1. The van der Waals surface area contributed by atoms with Crippen molar-refractivity contribution < 1.29 is 9.59 Å². The molecule has 0 heterocycles. The van der Waals surface area contributed by atoms with Crippen molar-refractivity contribution in [1.82, 2.24) is 4.90 Å². The number of nitrogens with zero attached hydrogens (tertiary/aromatic N) is 1. The van der Waals surface area contributed by atoms with E-state index in [0.29, 0.717) is 13.0 Å². The molecule has 1 fully saturated rings. The molecule has 0 saturated heterocycles. The molecular formula is C22H26N2O2. The first-order valence-electron chi connectivity index (χ1n) is 9.17. The van der Waals surface area contributed by atoms with Gasteiger partial charge in [0.25, 0.3) is 0 Å². The fraction of sp³-hybridized carbons (Fsp3) is 0.364. The molecule has 0 spiro atoms. The summed E-state index contributed by atoms with van der Waals surface area (Å²) >= 11 is 0. The van der Waals surface area contributed by atoms with Crippen LogP contribution in [0.15, 0.2) is 54.6 Å². The number of carbonyl (C=O) groups is 2. The van der Waals surface area contributed by atoms with Crippen LogP contribution in [-0.2, 0) is 16.1 Å². The minimum Gasteiger partial charge on any atom is -0.336 e. The van der Waals surface area contributed by atoms with Crippen molar-refractivity contribution in [2.45, 2.75) is 39.8 Å². The summed E-state index contributed by atoms with van der Waals surface area (Å²) in [5.41, 5.74) is 2.99. The predicted molar refractivity (Wildman–Crippen MR) is 104 cm³/mol. The second kappa shape index (κ2) is 7.73. The van der Waals surface area contributed by atoms with Crippen molar-refractivity contribution in [2.24, 2.45) is 11.8 Å². The molecular weight excluding hydrogens is 324 g/mol. The molecule has 1 saturated carbocycles. The zero-order valence-corrected chi connectivity index (χ0v) is 15.6. The average molecular weight is 350 g/mol. The van der Waals surface area contributed by atoms with E-state index in [4.69, 9.17) is 0 Å². The van der Waals surface area contributed by atoms with Gasteiger partial charge in [0, 0.05) is 18.3 Å². The first kappa shape index (κ1) is 18.2. The van der Waals surface area contributed by atoms with Crippen LogP contribution in [0.5, 0.6) is 0 Å². The van der Waals surface area contributed by atoms with Crippen molar-refractivity contribution in [1.29, 1.82) is 0 Å². The Morgan fingerprint density at radius 2 is 1.81 bits per heavy atom. The van der Waals surface area contributed by atoms with Gasteiger partial charge in [0.15, 0.2) is 0 Å². The molecule has 0 aromatic heterocycles. The highest BCUT2D eigenvalue weighted by Crippen LogP contribution is 2.41. The van der Waals surface area contributed by atoms with Crippen molar-refractivity contribution >= 4 is 17.5 Å². The van der Waals surface area contributed by atoms with E-state index in [-0.39, 0.29) is 29.7 Å². The topological polar surface area (TPSA) is 49.4 Å². The number of hydrogen-bond donors (Lipinski definition) is 1. The SMILES string of the molecule is Cc1cccc(NC(=O)C2CC2C(=O)N(Cc2ccccc2)C(C)C)c1. The van der Waals surface area contributed by atoms with Gasteiger partial charge in [0.05, 0.1) is 11.8 Å². The summed E-state index contributed by atoms with van der Waals surface area (Å²) in [6.45, 7) is 6.61. The number of aryl methyl sites for hydroxylation is 1. The second-order valence-electron chi connectivity index (χ2n) is 7.35. The molecule has 4 heteroatoms. The standard InChI is InChI=1S/C22H26N2O2/c1-15(2)24(14-17-9-5-4-6-10-17)22(26)20-13-19(20)21(25)23-18-11-7-8-16(3)12-18/h4-12,15,19-20H,13-14H2,1-3H3,(H,23,25). The third-order valence-corrected chi connectivity index (χ3v) is 4.83. The van der Waals surface area contributed by atoms with Gasteiger partial charge in [-0.15, -0.1) is 0 Å². The third kappa shape index (κ3) is 4.31.